The quantitative estimate of drug-likeness (QED) is 0.781. The number of hydrogen-bond donors (Lipinski definition) is 1. The van der Waals surface area contributed by atoms with Crippen molar-refractivity contribution in [2.75, 3.05) is 19.4 Å². The van der Waals surface area contributed by atoms with Crippen LogP contribution in [0.4, 0.5) is 0 Å². The summed E-state index contributed by atoms with van der Waals surface area (Å²) in [5.41, 5.74) is 5.87. The van der Waals surface area contributed by atoms with Gasteiger partial charge in [-0.15, -0.1) is 0 Å². The lowest BCUT2D eigenvalue weighted by Crippen LogP contribution is -2.13. The summed E-state index contributed by atoms with van der Waals surface area (Å²) >= 11 is 0. The molecule has 0 saturated carbocycles. The molecule has 1 aromatic heterocycles. The summed E-state index contributed by atoms with van der Waals surface area (Å²) in [7, 11) is -1.66. The van der Waals surface area contributed by atoms with Gasteiger partial charge in [0.05, 0.1) is 18.6 Å². The van der Waals surface area contributed by atoms with E-state index in [4.69, 9.17) is 10.5 Å². The fourth-order valence-corrected chi connectivity index (χ4v) is 2.77. The van der Waals surface area contributed by atoms with Crippen LogP contribution in [0.1, 0.15) is 12.0 Å². The van der Waals surface area contributed by atoms with Gasteiger partial charge in [0.2, 0.25) is 5.88 Å². The third kappa shape index (κ3) is 3.79. The minimum absolute atomic E-state index is 0.0516. The Bertz CT molecular complexity index is 431. The summed E-state index contributed by atoms with van der Waals surface area (Å²) in [6, 6.07) is 3.39. The number of ether oxygens (including phenoxy) is 1. The minimum Gasteiger partial charge on any atom is -0.481 e. The number of nitrogens with two attached hydrogens (primary N) is 1. The highest BCUT2D eigenvalue weighted by Crippen LogP contribution is 2.17. The molecule has 0 radical (unpaired) electrons. The first-order chi connectivity index (χ1) is 7.59. The van der Waals surface area contributed by atoms with Crippen LogP contribution in [0.15, 0.2) is 18.3 Å². The van der Waals surface area contributed by atoms with Gasteiger partial charge in [-0.25, -0.2) is 13.4 Å². The fourth-order valence-electron chi connectivity index (χ4n) is 1.33. The number of rotatable bonds is 6. The summed E-state index contributed by atoms with van der Waals surface area (Å²) in [5, 5.41) is 0. The molecule has 2 N–H and O–H groups in total. The Labute approximate surface area is 95.6 Å². The molecule has 0 aliphatic heterocycles. The third-order valence-corrected chi connectivity index (χ3v) is 3.74. The van der Waals surface area contributed by atoms with Crippen molar-refractivity contribution >= 4 is 9.84 Å². The van der Waals surface area contributed by atoms with Crippen molar-refractivity contribution in [2.45, 2.75) is 12.2 Å². The average molecular weight is 244 g/mol. The molecule has 0 aliphatic carbocycles. The first-order valence-corrected chi connectivity index (χ1v) is 6.79. The van der Waals surface area contributed by atoms with Crippen LogP contribution in [0.3, 0.4) is 0 Å². The van der Waals surface area contributed by atoms with Gasteiger partial charge in [-0.05, 0) is 19.0 Å². The molecule has 0 saturated heterocycles. The van der Waals surface area contributed by atoms with Crippen LogP contribution in [0, 0.1) is 0 Å². The van der Waals surface area contributed by atoms with E-state index in [2.05, 4.69) is 4.98 Å². The number of pyridine rings is 1. The predicted octanol–water partition coefficient (Wildman–Crippen LogP) is 0.354. The molecule has 0 fully saturated rings. The van der Waals surface area contributed by atoms with Crippen molar-refractivity contribution < 1.29 is 13.2 Å². The standard InChI is InChI=1S/C10H16N2O3S/c1-15-10-9(4-2-6-12-10)8-16(13,14)7-3-5-11/h2,4,6H,3,5,7-8,11H2,1H3. The molecule has 0 unspecified atom stereocenters. The Kier molecular flexibility index (Phi) is 4.70. The molecule has 16 heavy (non-hydrogen) atoms. The highest BCUT2D eigenvalue weighted by Gasteiger charge is 2.14. The normalized spacial score (nSPS) is 11.4. The van der Waals surface area contributed by atoms with Crippen LogP contribution < -0.4 is 10.5 Å². The third-order valence-electron chi connectivity index (χ3n) is 2.08. The zero-order valence-corrected chi connectivity index (χ0v) is 10.0. The van der Waals surface area contributed by atoms with Gasteiger partial charge in [-0.3, -0.25) is 0 Å². The summed E-state index contributed by atoms with van der Waals surface area (Å²) in [6.07, 6.45) is 2.04. The summed E-state index contributed by atoms with van der Waals surface area (Å²) in [4.78, 5) is 3.95. The lowest BCUT2D eigenvalue weighted by Gasteiger charge is -2.07. The van der Waals surface area contributed by atoms with Crippen LogP contribution in [0.2, 0.25) is 0 Å². The molecule has 0 aliphatic rings. The maximum atomic E-state index is 11.7. The number of methoxy groups -OCH3 is 1. The summed E-state index contributed by atoms with van der Waals surface area (Å²) in [6.45, 7) is 0.378. The van der Waals surface area contributed by atoms with E-state index in [9.17, 15) is 8.42 Å². The topological polar surface area (TPSA) is 82.3 Å². The zero-order valence-electron chi connectivity index (χ0n) is 9.22. The van der Waals surface area contributed by atoms with E-state index in [-0.39, 0.29) is 11.5 Å². The molecule has 0 atom stereocenters. The molecular weight excluding hydrogens is 228 g/mol. The van der Waals surface area contributed by atoms with E-state index in [0.717, 1.165) is 0 Å². The minimum atomic E-state index is -3.13. The van der Waals surface area contributed by atoms with Crippen LogP contribution >= 0.6 is 0 Å². The van der Waals surface area contributed by atoms with Crippen LogP contribution in [0.5, 0.6) is 5.88 Å². The first-order valence-electron chi connectivity index (χ1n) is 4.97. The van der Waals surface area contributed by atoms with Crippen LogP contribution in [-0.2, 0) is 15.6 Å². The first kappa shape index (κ1) is 12.9. The second-order valence-corrected chi connectivity index (χ2v) is 5.59. The molecule has 1 aromatic rings. The Hall–Kier alpha value is -1.14. The summed E-state index contributed by atoms with van der Waals surface area (Å²) in [5.74, 6) is 0.407. The SMILES string of the molecule is COc1ncccc1CS(=O)(=O)CCCN. The average Bonchev–Trinajstić information content (AvgIpc) is 2.27. The van der Waals surface area contributed by atoms with Crippen molar-refractivity contribution in [2.24, 2.45) is 5.73 Å². The molecule has 5 nitrogen and oxygen atoms in total. The Morgan fingerprint density at radius 3 is 2.88 bits per heavy atom. The second kappa shape index (κ2) is 5.81. The molecule has 6 heteroatoms. The highest BCUT2D eigenvalue weighted by molar-refractivity contribution is 7.90. The number of sulfone groups is 1. The Morgan fingerprint density at radius 1 is 1.50 bits per heavy atom. The van der Waals surface area contributed by atoms with Crippen LogP contribution in [0.25, 0.3) is 0 Å². The lowest BCUT2D eigenvalue weighted by atomic mass is 10.3. The predicted molar refractivity (Wildman–Crippen MR) is 62.0 cm³/mol. The van der Waals surface area contributed by atoms with Gasteiger partial charge >= 0.3 is 0 Å². The highest BCUT2D eigenvalue weighted by atomic mass is 32.2. The van der Waals surface area contributed by atoms with Crippen LogP contribution in [-0.4, -0.2) is 32.8 Å². The lowest BCUT2D eigenvalue weighted by molar-refractivity contribution is 0.394. The fraction of sp³-hybridized carbons (Fsp3) is 0.500. The second-order valence-electron chi connectivity index (χ2n) is 3.41. The van der Waals surface area contributed by atoms with Crippen molar-refractivity contribution in [3.05, 3.63) is 23.9 Å². The molecule has 0 amide bonds. The van der Waals surface area contributed by atoms with Gasteiger partial charge in [-0.1, -0.05) is 6.07 Å². The largest absolute Gasteiger partial charge is 0.481 e. The van der Waals surface area contributed by atoms with Gasteiger partial charge < -0.3 is 10.5 Å². The van der Waals surface area contributed by atoms with Crippen molar-refractivity contribution in [1.29, 1.82) is 0 Å². The van der Waals surface area contributed by atoms with Gasteiger partial charge in [0, 0.05) is 11.8 Å². The number of hydrogen-bond acceptors (Lipinski definition) is 5. The van der Waals surface area contributed by atoms with E-state index in [1.54, 1.807) is 18.3 Å². The Morgan fingerprint density at radius 2 is 2.25 bits per heavy atom. The zero-order chi connectivity index (χ0) is 12.0. The van der Waals surface area contributed by atoms with E-state index < -0.39 is 9.84 Å². The van der Waals surface area contributed by atoms with Crippen molar-refractivity contribution in [1.82, 2.24) is 4.98 Å². The number of aromatic nitrogens is 1. The maximum Gasteiger partial charge on any atom is 0.217 e. The molecule has 0 spiro atoms. The molecule has 1 rings (SSSR count). The van der Waals surface area contributed by atoms with E-state index in [0.29, 0.717) is 24.4 Å². The van der Waals surface area contributed by atoms with Crippen molar-refractivity contribution in [3.8, 4) is 5.88 Å². The van der Waals surface area contributed by atoms with Crippen molar-refractivity contribution in [3.63, 3.8) is 0 Å². The van der Waals surface area contributed by atoms with Gasteiger partial charge in [0.25, 0.3) is 0 Å². The molecule has 1 heterocycles. The van der Waals surface area contributed by atoms with Gasteiger partial charge in [0.15, 0.2) is 9.84 Å². The molecule has 90 valence electrons. The van der Waals surface area contributed by atoms with Gasteiger partial charge in [-0.2, -0.15) is 0 Å². The molecule has 0 aromatic carbocycles. The molecule has 0 bridgehead atoms. The van der Waals surface area contributed by atoms with E-state index >= 15 is 0 Å². The van der Waals surface area contributed by atoms with Gasteiger partial charge in [0.1, 0.15) is 0 Å². The Balaban J connectivity index is 2.79. The smallest absolute Gasteiger partial charge is 0.217 e. The number of nitrogens with zero attached hydrogens (tertiary/aromatic N) is 1. The van der Waals surface area contributed by atoms with E-state index in [1.165, 1.54) is 7.11 Å². The monoisotopic (exact) mass is 244 g/mol. The molecular formula is C10H16N2O3S. The summed E-state index contributed by atoms with van der Waals surface area (Å²) < 4.78 is 28.4. The maximum absolute atomic E-state index is 11.7. The van der Waals surface area contributed by atoms with E-state index in [1.807, 2.05) is 0 Å².